The number of carbonyl (C=O) groups is 2. The van der Waals surface area contributed by atoms with Crippen molar-refractivity contribution in [3.05, 3.63) is 76.5 Å². The SMILES string of the molecule is COc1ccc(CN(CC(=O)N2CC(=O)Nc3ccccc32)C(C)Cc2cccs2)cc1. The molecule has 1 N–H and O–H groups in total. The molecular weight excluding hydrogens is 422 g/mol. The van der Waals surface area contributed by atoms with E-state index in [4.69, 9.17) is 4.74 Å². The molecule has 0 spiro atoms. The van der Waals surface area contributed by atoms with Crippen LogP contribution >= 0.6 is 11.3 Å². The normalized spacial score (nSPS) is 14.1. The Balaban J connectivity index is 1.55. The Labute approximate surface area is 192 Å². The first-order valence-electron chi connectivity index (χ1n) is 10.6. The lowest BCUT2D eigenvalue weighted by Gasteiger charge is -2.33. The standard InChI is InChI=1S/C25H27N3O3S/c1-18(14-21-6-5-13-32-21)27(15-19-9-11-20(31-2)12-10-19)17-25(30)28-16-24(29)26-22-7-3-4-8-23(22)28/h3-13,18H,14-17H2,1-2H3,(H,26,29). The van der Waals surface area contributed by atoms with Crippen LogP contribution in [-0.4, -0.2) is 43.0 Å². The molecule has 6 nitrogen and oxygen atoms in total. The van der Waals surface area contributed by atoms with E-state index in [2.05, 4.69) is 34.7 Å². The Bertz CT molecular complexity index is 1070. The van der Waals surface area contributed by atoms with Gasteiger partial charge in [-0.05, 0) is 54.6 Å². The third-order valence-corrected chi connectivity index (χ3v) is 6.55. The summed E-state index contributed by atoms with van der Waals surface area (Å²) in [6.07, 6.45) is 0.859. The van der Waals surface area contributed by atoms with Crippen LogP contribution in [0.3, 0.4) is 0 Å². The number of thiophene rings is 1. The predicted octanol–water partition coefficient (Wildman–Crippen LogP) is 4.18. The quantitative estimate of drug-likeness (QED) is 0.561. The number of rotatable bonds is 8. The van der Waals surface area contributed by atoms with Crippen LogP contribution in [0.15, 0.2) is 66.0 Å². The van der Waals surface area contributed by atoms with Crippen LogP contribution in [0.5, 0.6) is 5.75 Å². The molecule has 0 radical (unpaired) electrons. The average molecular weight is 450 g/mol. The zero-order valence-electron chi connectivity index (χ0n) is 18.3. The van der Waals surface area contributed by atoms with E-state index in [1.54, 1.807) is 23.3 Å². The van der Waals surface area contributed by atoms with Crippen molar-refractivity contribution in [1.82, 2.24) is 4.90 Å². The lowest BCUT2D eigenvalue weighted by atomic mass is 10.1. The van der Waals surface area contributed by atoms with Crippen molar-refractivity contribution in [3.63, 3.8) is 0 Å². The minimum Gasteiger partial charge on any atom is -0.497 e. The lowest BCUT2D eigenvalue weighted by molar-refractivity contribution is -0.123. The smallest absolute Gasteiger partial charge is 0.244 e. The van der Waals surface area contributed by atoms with Gasteiger partial charge in [-0.3, -0.25) is 19.4 Å². The molecule has 166 valence electrons. The zero-order chi connectivity index (χ0) is 22.5. The maximum absolute atomic E-state index is 13.4. The van der Waals surface area contributed by atoms with Crippen LogP contribution in [0, 0.1) is 0 Å². The third-order valence-electron chi connectivity index (χ3n) is 5.65. The molecule has 1 aliphatic rings. The van der Waals surface area contributed by atoms with Crippen molar-refractivity contribution < 1.29 is 14.3 Å². The van der Waals surface area contributed by atoms with Crippen molar-refractivity contribution in [2.24, 2.45) is 0 Å². The number of para-hydroxylation sites is 2. The Hall–Kier alpha value is -3.16. The van der Waals surface area contributed by atoms with Crippen molar-refractivity contribution in [1.29, 1.82) is 0 Å². The lowest BCUT2D eigenvalue weighted by Crippen LogP contribution is -2.48. The van der Waals surface area contributed by atoms with E-state index in [9.17, 15) is 9.59 Å². The number of hydrogen-bond donors (Lipinski definition) is 1. The van der Waals surface area contributed by atoms with Gasteiger partial charge in [0, 0.05) is 17.5 Å². The fraction of sp³-hybridized carbons (Fsp3) is 0.280. The summed E-state index contributed by atoms with van der Waals surface area (Å²) in [5.41, 5.74) is 2.52. The van der Waals surface area contributed by atoms with Crippen molar-refractivity contribution in [2.75, 3.05) is 30.4 Å². The summed E-state index contributed by atoms with van der Waals surface area (Å²) in [7, 11) is 1.65. The van der Waals surface area contributed by atoms with E-state index < -0.39 is 0 Å². The highest BCUT2D eigenvalue weighted by atomic mass is 32.1. The Morgan fingerprint density at radius 2 is 1.94 bits per heavy atom. The fourth-order valence-electron chi connectivity index (χ4n) is 3.90. The van der Waals surface area contributed by atoms with Crippen molar-refractivity contribution in [2.45, 2.75) is 25.9 Å². The minimum atomic E-state index is -0.176. The molecule has 0 bridgehead atoms. The van der Waals surface area contributed by atoms with E-state index in [0.717, 1.165) is 23.4 Å². The molecule has 0 saturated carbocycles. The van der Waals surface area contributed by atoms with E-state index in [1.165, 1.54) is 4.88 Å². The van der Waals surface area contributed by atoms with Gasteiger partial charge in [-0.15, -0.1) is 11.3 Å². The molecule has 2 aromatic carbocycles. The summed E-state index contributed by atoms with van der Waals surface area (Å²) in [6.45, 7) is 3.03. The van der Waals surface area contributed by atoms with Crippen LogP contribution in [0.2, 0.25) is 0 Å². The first-order valence-corrected chi connectivity index (χ1v) is 11.5. The summed E-state index contributed by atoms with van der Waals surface area (Å²) in [4.78, 5) is 30.6. The van der Waals surface area contributed by atoms with Crippen LogP contribution in [0.1, 0.15) is 17.4 Å². The third kappa shape index (κ3) is 5.18. The van der Waals surface area contributed by atoms with E-state index in [-0.39, 0.29) is 30.9 Å². The monoisotopic (exact) mass is 449 g/mol. The highest BCUT2D eigenvalue weighted by Crippen LogP contribution is 2.29. The van der Waals surface area contributed by atoms with Gasteiger partial charge in [0.2, 0.25) is 11.8 Å². The highest BCUT2D eigenvalue weighted by molar-refractivity contribution is 7.09. The molecule has 4 rings (SSSR count). The summed E-state index contributed by atoms with van der Waals surface area (Å²) in [5, 5.41) is 4.92. The molecule has 32 heavy (non-hydrogen) atoms. The molecule has 1 atom stereocenters. The number of nitrogens with zero attached hydrogens (tertiary/aromatic N) is 2. The molecule has 3 aromatic rings. The number of ether oxygens (including phenoxy) is 1. The van der Waals surface area contributed by atoms with Crippen LogP contribution in [0.25, 0.3) is 0 Å². The van der Waals surface area contributed by atoms with Gasteiger partial charge in [0.25, 0.3) is 0 Å². The van der Waals surface area contributed by atoms with Gasteiger partial charge in [0.15, 0.2) is 0 Å². The van der Waals surface area contributed by atoms with Gasteiger partial charge in [-0.25, -0.2) is 0 Å². The molecule has 0 aliphatic carbocycles. The second-order valence-electron chi connectivity index (χ2n) is 7.93. The summed E-state index contributed by atoms with van der Waals surface area (Å²) < 4.78 is 5.27. The molecule has 7 heteroatoms. The second kappa shape index (κ2) is 9.97. The second-order valence-corrected chi connectivity index (χ2v) is 8.96. The van der Waals surface area contributed by atoms with Gasteiger partial charge < -0.3 is 10.1 Å². The molecule has 1 aliphatic heterocycles. The Morgan fingerprint density at radius 1 is 1.16 bits per heavy atom. The van der Waals surface area contributed by atoms with E-state index in [1.807, 2.05) is 48.5 Å². The molecule has 1 aromatic heterocycles. The number of hydrogen-bond acceptors (Lipinski definition) is 5. The molecule has 2 heterocycles. The number of methoxy groups -OCH3 is 1. The maximum Gasteiger partial charge on any atom is 0.244 e. The minimum absolute atomic E-state index is 0.0333. The highest BCUT2D eigenvalue weighted by Gasteiger charge is 2.29. The summed E-state index contributed by atoms with van der Waals surface area (Å²) >= 11 is 1.73. The fourth-order valence-corrected chi connectivity index (χ4v) is 4.72. The zero-order valence-corrected chi connectivity index (χ0v) is 19.1. The number of amides is 2. The summed E-state index contributed by atoms with van der Waals surface area (Å²) in [6, 6.07) is 19.7. The number of benzene rings is 2. The van der Waals surface area contributed by atoms with Crippen LogP contribution in [-0.2, 0) is 22.6 Å². The molecule has 2 amide bonds. The van der Waals surface area contributed by atoms with Crippen molar-refractivity contribution >= 4 is 34.5 Å². The van der Waals surface area contributed by atoms with Crippen LogP contribution in [0.4, 0.5) is 11.4 Å². The number of carbonyl (C=O) groups excluding carboxylic acids is 2. The Kier molecular flexibility index (Phi) is 6.87. The first-order chi connectivity index (χ1) is 15.5. The molecule has 0 fully saturated rings. The average Bonchev–Trinajstić information content (AvgIpc) is 3.31. The first kappa shape index (κ1) is 22.0. The largest absolute Gasteiger partial charge is 0.497 e. The number of fused-ring (bicyclic) bond motifs is 1. The molecule has 1 unspecified atom stereocenters. The van der Waals surface area contributed by atoms with E-state index in [0.29, 0.717) is 12.2 Å². The number of anilines is 2. The predicted molar refractivity (Wildman–Crippen MR) is 128 cm³/mol. The molecule has 0 saturated heterocycles. The summed E-state index contributed by atoms with van der Waals surface area (Å²) in [5.74, 6) is 0.545. The molecular formula is C25H27N3O3S. The van der Waals surface area contributed by atoms with Gasteiger partial charge in [-0.2, -0.15) is 0 Å². The topological polar surface area (TPSA) is 61.9 Å². The van der Waals surface area contributed by atoms with Gasteiger partial charge >= 0.3 is 0 Å². The van der Waals surface area contributed by atoms with Crippen molar-refractivity contribution in [3.8, 4) is 5.75 Å². The number of nitrogens with one attached hydrogen (secondary N) is 1. The van der Waals surface area contributed by atoms with Gasteiger partial charge in [0.1, 0.15) is 12.3 Å². The van der Waals surface area contributed by atoms with Gasteiger partial charge in [-0.1, -0.05) is 30.3 Å². The van der Waals surface area contributed by atoms with Crippen LogP contribution < -0.4 is 15.0 Å². The maximum atomic E-state index is 13.4. The van der Waals surface area contributed by atoms with E-state index >= 15 is 0 Å². The van der Waals surface area contributed by atoms with Gasteiger partial charge in [0.05, 0.1) is 25.0 Å². The Morgan fingerprint density at radius 3 is 2.66 bits per heavy atom.